The molecule has 6 heteroatoms. The predicted octanol–water partition coefficient (Wildman–Crippen LogP) is 10.8. The van der Waals surface area contributed by atoms with E-state index in [1.165, 1.54) is 24.8 Å². The van der Waals surface area contributed by atoms with E-state index in [2.05, 4.69) is 90.3 Å². The third-order valence-electron chi connectivity index (χ3n) is 9.78. The summed E-state index contributed by atoms with van der Waals surface area (Å²) in [6.45, 7) is 18.0. The Bertz CT molecular complexity index is 1450. The molecule has 5 nitrogen and oxygen atoms in total. The van der Waals surface area contributed by atoms with Gasteiger partial charge in [0, 0.05) is 35.1 Å². The molecule has 1 radical (unpaired) electrons. The van der Waals surface area contributed by atoms with E-state index in [0.717, 1.165) is 59.6 Å². The summed E-state index contributed by atoms with van der Waals surface area (Å²) in [6.07, 6.45) is 8.35. The number of fused-ring (bicyclic) bond motifs is 2. The minimum Gasteiger partial charge on any atom is -0.457 e. The number of rotatable bonds is 11. The molecule has 1 aliphatic heterocycles. The summed E-state index contributed by atoms with van der Waals surface area (Å²) >= 11 is 0. The summed E-state index contributed by atoms with van der Waals surface area (Å²) in [5.74, 6) is 1.83. The molecule has 0 bridgehead atoms. The van der Waals surface area contributed by atoms with Gasteiger partial charge in [-0.15, -0.1) is 0 Å². The molecule has 47 heavy (non-hydrogen) atoms. The zero-order chi connectivity index (χ0) is 33.8. The molecular weight excluding hydrogens is 599 g/mol. The molecule has 3 aromatic rings. The van der Waals surface area contributed by atoms with Gasteiger partial charge < -0.3 is 19.2 Å². The van der Waals surface area contributed by atoms with Gasteiger partial charge in [0.2, 0.25) is 14.9 Å². The lowest BCUT2D eigenvalue weighted by Gasteiger charge is -2.40. The smallest absolute Gasteiger partial charge is 0.225 e. The van der Waals surface area contributed by atoms with E-state index in [1.54, 1.807) is 0 Å². The maximum Gasteiger partial charge on any atom is 0.225 e. The quantitative estimate of drug-likeness (QED) is 0.165. The third kappa shape index (κ3) is 9.16. The van der Waals surface area contributed by atoms with Crippen molar-refractivity contribution in [3.05, 3.63) is 89.0 Å². The van der Waals surface area contributed by atoms with Gasteiger partial charge in [-0.05, 0) is 78.9 Å². The van der Waals surface area contributed by atoms with Crippen LogP contribution in [-0.2, 0) is 25.8 Å². The number of anilines is 1. The molecule has 253 valence electrons. The van der Waals surface area contributed by atoms with Crippen LogP contribution in [0.4, 0.5) is 5.69 Å². The van der Waals surface area contributed by atoms with Crippen molar-refractivity contribution in [1.82, 2.24) is 0 Å². The Morgan fingerprint density at radius 2 is 1.51 bits per heavy atom. The molecule has 1 fully saturated rings. The normalized spacial score (nSPS) is 17.0. The van der Waals surface area contributed by atoms with Crippen molar-refractivity contribution in [2.75, 3.05) is 5.32 Å². The summed E-state index contributed by atoms with van der Waals surface area (Å²) < 4.78 is 19.6. The van der Waals surface area contributed by atoms with Gasteiger partial charge in [0.1, 0.15) is 11.5 Å². The van der Waals surface area contributed by atoms with Gasteiger partial charge in [-0.2, -0.15) is 0 Å². The van der Waals surface area contributed by atoms with Crippen LogP contribution in [0, 0.1) is 11.3 Å². The minimum atomic E-state index is -0.940. The van der Waals surface area contributed by atoms with Crippen LogP contribution in [-0.4, -0.2) is 27.3 Å². The van der Waals surface area contributed by atoms with Gasteiger partial charge in [-0.25, -0.2) is 0 Å². The van der Waals surface area contributed by atoms with Crippen LogP contribution in [0.25, 0.3) is 0 Å². The number of aryl methyl sites for hydroxylation is 1. The molecule has 1 amide bonds. The van der Waals surface area contributed by atoms with Crippen LogP contribution in [0.2, 0.25) is 13.1 Å². The van der Waals surface area contributed by atoms with Gasteiger partial charge in [-0.3, -0.25) is 4.79 Å². The average molecular weight is 655 g/mol. The van der Waals surface area contributed by atoms with Crippen LogP contribution in [0.15, 0.2) is 66.7 Å². The zero-order valence-electron chi connectivity index (χ0n) is 30.0. The number of amides is 1. The standard InChI is InChI=1S/C41H56NO4Si/c1-40(2,3)33-24-22-28(23-25-34(41(4,5)6)39(46-47(7)8)44-29-16-10-9-11-17-29)26-35(33)42-38(43)27-32-30-18-12-14-20-36(30)45-37-21-15-13-19-31(32)37/h12-15,18-22,24,26,29,32,34,39H,9-11,16-17,23,25,27H2,1-8H3,(H,42,43). The monoisotopic (exact) mass is 654 g/mol. The van der Waals surface area contributed by atoms with Gasteiger partial charge in [0.15, 0.2) is 6.29 Å². The molecule has 1 saturated carbocycles. The summed E-state index contributed by atoms with van der Waals surface area (Å²) in [7, 11) is -0.940. The maximum absolute atomic E-state index is 13.9. The van der Waals surface area contributed by atoms with Crippen molar-refractivity contribution in [1.29, 1.82) is 0 Å². The molecule has 0 saturated heterocycles. The molecule has 0 aromatic heterocycles. The Morgan fingerprint density at radius 1 is 0.894 bits per heavy atom. The van der Waals surface area contributed by atoms with Crippen molar-refractivity contribution in [2.24, 2.45) is 11.3 Å². The Labute approximate surface area is 285 Å². The average Bonchev–Trinajstić information content (AvgIpc) is 3.00. The molecule has 1 heterocycles. The Kier molecular flexibility index (Phi) is 11.4. The highest BCUT2D eigenvalue weighted by Gasteiger charge is 2.36. The molecule has 2 unspecified atom stereocenters. The first-order chi connectivity index (χ1) is 22.3. The number of carbonyl (C=O) groups is 1. The fourth-order valence-corrected chi connectivity index (χ4v) is 7.93. The Morgan fingerprint density at radius 3 is 2.09 bits per heavy atom. The fraction of sp³-hybridized carbons (Fsp3) is 0.537. The number of carbonyl (C=O) groups excluding carboxylic acids is 1. The zero-order valence-corrected chi connectivity index (χ0v) is 31.0. The summed E-state index contributed by atoms with van der Waals surface area (Å²) in [5, 5.41) is 3.36. The minimum absolute atomic E-state index is 0.00615. The molecule has 2 atom stereocenters. The number of nitrogens with one attached hydrogen (secondary N) is 1. The van der Waals surface area contributed by atoms with E-state index in [1.807, 2.05) is 36.4 Å². The lowest BCUT2D eigenvalue weighted by molar-refractivity contribution is -0.178. The van der Waals surface area contributed by atoms with E-state index in [-0.39, 0.29) is 34.9 Å². The largest absolute Gasteiger partial charge is 0.457 e. The van der Waals surface area contributed by atoms with Gasteiger partial charge in [0.05, 0.1) is 6.10 Å². The SMILES string of the molecule is C[Si](C)OC(OC1CCCCC1)C(CCc1ccc(C(C)(C)C)c(NC(=O)CC2c3ccccc3Oc3ccccc32)c1)C(C)(C)C. The fourth-order valence-electron chi connectivity index (χ4n) is 7.25. The highest BCUT2D eigenvalue weighted by Crippen LogP contribution is 2.46. The first-order valence-corrected chi connectivity index (χ1v) is 20.1. The van der Waals surface area contributed by atoms with Crippen molar-refractivity contribution in [3.63, 3.8) is 0 Å². The lowest BCUT2D eigenvalue weighted by Crippen LogP contribution is -2.41. The number of benzene rings is 3. The van der Waals surface area contributed by atoms with Crippen molar-refractivity contribution < 1.29 is 18.7 Å². The van der Waals surface area contributed by atoms with Crippen molar-refractivity contribution in [2.45, 2.75) is 130 Å². The first kappa shape index (κ1) is 35.4. The van der Waals surface area contributed by atoms with Crippen LogP contribution < -0.4 is 10.1 Å². The number of hydrogen-bond acceptors (Lipinski definition) is 4. The van der Waals surface area contributed by atoms with E-state index in [0.29, 0.717) is 12.5 Å². The molecule has 1 aliphatic carbocycles. The Balaban J connectivity index is 1.36. The molecule has 2 aliphatic rings. The van der Waals surface area contributed by atoms with E-state index < -0.39 is 9.04 Å². The summed E-state index contributed by atoms with van der Waals surface area (Å²) in [4.78, 5) is 13.9. The highest BCUT2D eigenvalue weighted by molar-refractivity contribution is 6.48. The van der Waals surface area contributed by atoms with E-state index >= 15 is 0 Å². The predicted molar refractivity (Wildman–Crippen MR) is 195 cm³/mol. The van der Waals surface area contributed by atoms with E-state index in [4.69, 9.17) is 13.9 Å². The first-order valence-electron chi connectivity index (χ1n) is 17.7. The van der Waals surface area contributed by atoms with E-state index in [9.17, 15) is 4.79 Å². The Hall–Kier alpha value is -2.93. The van der Waals surface area contributed by atoms with Gasteiger partial charge >= 0.3 is 0 Å². The van der Waals surface area contributed by atoms with Crippen LogP contribution in [0.5, 0.6) is 11.5 Å². The number of para-hydroxylation sites is 2. The second-order valence-electron chi connectivity index (χ2n) is 15.9. The van der Waals surface area contributed by atoms with Crippen molar-refractivity contribution >= 4 is 20.6 Å². The lowest BCUT2D eigenvalue weighted by atomic mass is 9.76. The second kappa shape index (κ2) is 15.1. The van der Waals surface area contributed by atoms with Gasteiger partial charge in [0.25, 0.3) is 0 Å². The highest BCUT2D eigenvalue weighted by atomic mass is 28.3. The summed E-state index contributed by atoms with van der Waals surface area (Å²) in [5.41, 5.74) is 5.26. The van der Waals surface area contributed by atoms with Crippen molar-refractivity contribution in [3.8, 4) is 11.5 Å². The number of ether oxygens (including phenoxy) is 2. The maximum atomic E-state index is 13.9. The molecular formula is C41H56NO4Si. The third-order valence-corrected chi connectivity index (χ3v) is 10.5. The molecule has 5 rings (SSSR count). The van der Waals surface area contributed by atoms with Gasteiger partial charge in [-0.1, -0.05) is 109 Å². The second-order valence-corrected chi connectivity index (χ2v) is 18.0. The van der Waals surface area contributed by atoms with Crippen LogP contribution in [0.1, 0.15) is 115 Å². The summed E-state index contributed by atoms with van der Waals surface area (Å²) in [6, 6.07) is 22.8. The van der Waals surface area contributed by atoms with Crippen LogP contribution >= 0.6 is 0 Å². The number of hydrogen-bond donors (Lipinski definition) is 1. The molecule has 1 N–H and O–H groups in total. The van der Waals surface area contributed by atoms with Crippen LogP contribution in [0.3, 0.4) is 0 Å². The molecule has 3 aromatic carbocycles. The molecule has 0 spiro atoms. The topological polar surface area (TPSA) is 56.8 Å².